The lowest BCUT2D eigenvalue weighted by atomic mass is 10.3. The highest BCUT2D eigenvalue weighted by molar-refractivity contribution is 7.99. The molecular weight excluding hydrogens is 270 g/mol. The minimum absolute atomic E-state index is 0.588. The molecule has 0 saturated heterocycles. The van der Waals surface area contributed by atoms with Crippen LogP contribution in [-0.4, -0.2) is 25.9 Å². The maximum atomic E-state index is 5.72. The van der Waals surface area contributed by atoms with Crippen LogP contribution in [0.3, 0.4) is 0 Å². The van der Waals surface area contributed by atoms with Gasteiger partial charge in [-0.1, -0.05) is 6.07 Å². The fourth-order valence-electron chi connectivity index (χ4n) is 2.03. The predicted molar refractivity (Wildman–Crippen MR) is 78.8 cm³/mol. The van der Waals surface area contributed by atoms with Gasteiger partial charge in [-0.3, -0.25) is 0 Å². The number of nitrogens with zero attached hydrogens (tertiary/aromatic N) is 4. The summed E-state index contributed by atoms with van der Waals surface area (Å²) >= 11 is 1.48. The van der Waals surface area contributed by atoms with Crippen LogP contribution in [-0.2, 0) is 6.42 Å². The Labute approximate surface area is 121 Å². The topological polar surface area (TPSA) is 69.1 Å². The predicted octanol–water partition coefficient (Wildman–Crippen LogP) is 2.09. The third kappa shape index (κ3) is 2.52. The van der Waals surface area contributed by atoms with Crippen LogP contribution in [0.15, 0.2) is 46.8 Å². The molecule has 6 heteroatoms. The Morgan fingerprint density at radius 3 is 2.95 bits per heavy atom. The van der Waals surface area contributed by atoms with E-state index in [1.807, 2.05) is 37.4 Å². The molecule has 0 radical (unpaired) electrons. The Morgan fingerprint density at radius 2 is 2.15 bits per heavy atom. The number of hydrogen-bond acceptors (Lipinski definition) is 5. The van der Waals surface area contributed by atoms with Gasteiger partial charge in [0.05, 0.1) is 5.69 Å². The first-order chi connectivity index (χ1) is 9.78. The van der Waals surface area contributed by atoms with Gasteiger partial charge in [-0.25, -0.2) is 15.0 Å². The van der Waals surface area contributed by atoms with Gasteiger partial charge in [0.25, 0.3) is 0 Å². The average Bonchev–Trinajstić information content (AvgIpc) is 2.77. The number of hydrogen-bond donors (Lipinski definition) is 1. The van der Waals surface area contributed by atoms with E-state index in [2.05, 4.69) is 19.4 Å². The number of pyridine rings is 1. The van der Waals surface area contributed by atoms with Gasteiger partial charge in [0.15, 0.2) is 5.16 Å². The van der Waals surface area contributed by atoms with Crippen LogP contribution in [0.2, 0.25) is 0 Å². The number of rotatable bonds is 4. The van der Waals surface area contributed by atoms with Crippen molar-refractivity contribution < 1.29 is 0 Å². The maximum absolute atomic E-state index is 5.72. The molecule has 0 amide bonds. The third-order valence-corrected chi connectivity index (χ3v) is 3.83. The summed E-state index contributed by atoms with van der Waals surface area (Å²) in [6, 6.07) is 7.84. The number of aromatic nitrogens is 4. The first-order valence-corrected chi connectivity index (χ1v) is 7.23. The molecule has 3 aromatic heterocycles. The molecule has 0 aliphatic carbocycles. The molecule has 0 bridgehead atoms. The Balaban J connectivity index is 2.04. The average molecular weight is 285 g/mol. The molecule has 0 fully saturated rings. The smallest absolute Gasteiger partial charge is 0.194 e. The summed E-state index contributed by atoms with van der Waals surface area (Å²) in [7, 11) is 0. The van der Waals surface area contributed by atoms with Crippen molar-refractivity contribution in [2.45, 2.75) is 23.5 Å². The van der Waals surface area contributed by atoms with Crippen LogP contribution in [0.4, 0.5) is 0 Å². The molecule has 0 unspecified atom stereocenters. The van der Waals surface area contributed by atoms with E-state index in [0.717, 1.165) is 28.5 Å². The molecule has 3 heterocycles. The number of nitrogens with two attached hydrogens (primary N) is 1. The fourth-order valence-corrected chi connectivity index (χ4v) is 2.97. The van der Waals surface area contributed by atoms with E-state index in [-0.39, 0.29) is 0 Å². The Hall–Kier alpha value is -1.92. The summed E-state index contributed by atoms with van der Waals surface area (Å²) < 4.78 is 2.07. The lowest BCUT2D eigenvalue weighted by Crippen LogP contribution is -2.06. The molecule has 3 aromatic rings. The van der Waals surface area contributed by atoms with E-state index in [4.69, 9.17) is 5.73 Å². The van der Waals surface area contributed by atoms with Crippen molar-refractivity contribution in [2.24, 2.45) is 5.73 Å². The summed E-state index contributed by atoms with van der Waals surface area (Å²) in [4.78, 5) is 13.3. The second-order valence-electron chi connectivity index (χ2n) is 4.41. The van der Waals surface area contributed by atoms with Crippen molar-refractivity contribution in [1.29, 1.82) is 0 Å². The zero-order valence-corrected chi connectivity index (χ0v) is 12.0. The van der Waals surface area contributed by atoms with Crippen molar-refractivity contribution in [3.8, 4) is 0 Å². The van der Waals surface area contributed by atoms with Crippen molar-refractivity contribution >= 4 is 17.4 Å². The second-order valence-corrected chi connectivity index (χ2v) is 5.37. The Bertz CT molecular complexity index is 737. The van der Waals surface area contributed by atoms with Crippen molar-refractivity contribution in [2.75, 3.05) is 6.54 Å². The van der Waals surface area contributed by atoms with Crippen molar-refractivity contribution in [3.05, 3.63) is 48.0 Å². The summed E-state index contributed by atoms with van der Waals surface area (Å²) in [6.07, 6.45) is 4.55. The largest absolute Gasteiger partial charge is 0.330 e. The Morgan fingerprint density at radius 1 is 1.25 bits per heavy atom. The van der Waals surface area contributed by atoms with E-state index in [9.17, 15) is 0 Å². The zero-order valence-electron chi connectivity index (χ0n) is 11.2. The van der Waals surface area contributed by atoms with Crippen LogP contribution >= 0.6 is 11.8 Å². The van der Waals surface area contributed by atoms with Gasteiger partial charge >= 0.3 is 0 Å². The molecular formula is C14H15N5S. The number of aryl methyl sites for hydroxylation is 1. The fraction of sp³-hybridized carbons (Fsp3) is 0.214. The van der Waals surface area contributed by atoms with Gasteiger partial charge in [0.1, 0.15) is 10.7 Å². The number of fused-ring (bicyclic) bond motifs is 1. The molecule has 102 valence electrons. The van der Waals surface area contributed by atoms with Crippen LogP contribution in [0, 0.1) is 6.92 Å². The highest BCUT2D eigenvalue weighted by Gasteiger charge is 2.13. The molecule has 0 aliphatic heterocycles. The molecule has 0 atom stereocenters. The minimum atomic E-state index is 0.588. The van der Waals surface area contributed by atoms with Crippen molar-refractivity contribution in [3.63, 3.8) is 0 Å². The van der Waals surface area contributed by atoms with E-state index in [1.165, 1.54) is 11.8 Å². The summed E-state index contributed by atoms with van der Waals surface area (Å²) in [5.74, 6) is 0. The zero-order chi connectivity index (χ0) is 13.9. The van der Waals surface area contributed by atoms with Crippen LogP contribution in [0.25, 0.3) is 5.65 Å². The van der Waals surface area contributed by atoms with Gasteiger partial charge in [-0.05, 0) is 43.4 Å². The van der Waals surface area contributed by atoms with Crippen LogP contribution < -0.4 is 5.73 Å². The normalized spacial score (nSPS) is 11.1. The molecule has 0 saturated carbocycles. The SMILES string of the molecule is Cc1ccnc(Sc2nc3ccccn3c2CCN)n1. The Kier molecular flexibility index (Phi) is 3.66. The first kappa shape index (κ1) is 13.1. The van der Waals surface area contributed by atoms with Crippen LogP contribution in [0.5, 0.6) is 0 Å². The van der Waals surface area contributed by atoms with E-state index >= 15 is 0 Å². The first-order valence-electron chi connectivity index (χ1n) is 6.41. The monoisotopic (exact) mass is 285 g/mol. The quantitative estimate of drug-likeness (QED) is 0.743. The van der Waals surface area contributed by atoms with Gasteiger partial charge < -0.3 is 10.1 Å². The minimum Gasteiger partial charge on any atom is -0.330 e. The molecule has 20 heavy (non-hydrogen) atoms. The lowest BCUT2D eigenvalue weighted by molar-refractivity contribution is 0.871. The second kappa shape index (κ2) is 5.60. The molecule has 0 spiro atoms. The molecule has 2 N–H and O–H groups in total. The lowest BCUT2D eigenvalue weighted by Gasteiger charge is -2.02. The van der Waals surface area contributed by atoms with Crippen LogP contribution in [0.1, 0.15) is 11.4 Å². The van der Waals surface area contributed by atoms with Gasteiger partial charge in [0, 0.05) is 24.5 Å². The standard InChI is InChI=1S/C14H15N5S/c1-10-6-8-16-14(17-10)20-13-11(5-7-15)19-9-3-2-4-12(19)18-13/h2-4,6,8-9H,5,7,15H2,1H3. The molecule has 0 aromatic carbocycles. The van der Waals surface area contributed by atoms with Crippen molar-refractivity contribution in [1.82, 2.24) is 19.4 Å². The van der Waals surface area contributed by atoms with E-state index < -0.39 is 0 Å². The highest BCUT2D eigenvalue weighted by Crippen LogP contribution is 2.28. The summed E-state index contributed by atoms with van der Waals surface area (Å²) in [6.45, 7) is 2.54. The summed E-state index contributed by atoms with van der Waals surface area (Å²) in [5.41, 5.74) is 8.70. The van der Waals surface area contributed by atoms with E-state index in [0.29, 0.717) is 11.7 Å². The molecule has 0 aliphatic rings. The number of imidazole rings is 1. The van der Waals surface area contributed by atoms with Gasteiger partial charge in [-0.2, -0.15) is 0 Å². The van der Waals surface area contributed by atoms with Gasteiger partial charge in [-0.15, -0.1) is 0 Å². The summed E-state index contributed by atoms with van der Waals surface area (Å²) in [5, 5.41) is 1.64. The third-order valence-electron chi connectivity index (χ3n) is 2.93. The van der Waals surface area contributed by atoms with E-state index in [1.54, 1.807) is 6.20 Å². The highest BCUT2D eigenvalue weighted by atomic mass is 32.2. The molecule has 3 rings (SSSR count). The maximum Gasteiger partial charge on any atom is 0.194 e. The van der Waals surface area contributed by atoms with Gasteiger partial charge in [0.2, 0.25) is 0 Å². The molecule has 5 nitrogen and oxygen atoms in total.